The largest absolute Gasteiger partial charge is 0.506 e. The number of amides is 1. The molecule has 3 rings (SSSR count). The van der Waals surface area contributed by atoms with Crippen LogP contribution in [0.2, 0.25) is 0 Å². The van der Waals surface area contributed by atoms with Gasteiger partial charge in [-0.25, -0.2) is 0 Å². The third-order valence-corrected chi connectivity index (χ3v) is 3.62. The first-order valence-electron chi connectivity index (χ1n) is 7.03. The lowest BCUT2D eigenvalue weighted by molar-refractivity contribution is 0.0979. The highest BCUT2D eigenvalue weighted by Gasteiger charge is 2.12. The van der Waals surface area contributed by atoms with Gasteiger partial charge in [0.2, 0.25) is 0 Å². The van der Waals surface area contributed by atoms with Gasteiger partial charge >= 0.3 is 0 Å². The predicted octanol–water partition coefficient (Wildman–Crippen LogP) is 3.67. The molecule has 0 aromatic heterocycles. The molecule has 23 heavy (non-hydrogen) atoms. The molecule has 0 saturated carbocycles. The van der Waals surface area contributed by atoms with Crippen molar-refractivity contribution in [3.8, 4) is 5.75 Å². The number of hydrogen-bond donors (Lipinski definition) is 3. The Kier molecular flexibility index (Phi) is 4.21. The molecule has 0 unspecified atom stereocenters. The number of hydrogen-bond acceptors (Lipinski definition) is 3. The Morgan fingerprint density at radius 3 is 2.43 bits per heavy atom. The van der Waals surface area contributed by atoms with Crippen molar-refractivity contribution in [2.45, 2.75) is 0 Å². The van der Waals surface area contributed by atoms with Crippen LogP contribution < -0.4 is 10.6 Å². The summed E-state index contributed by atoms with van der Waals surface area (Å²) in [7, 11) is 0. The maximum absolute atomic E-state index is 12.4. The van der Waals surface area contributed by atoms with Crippen LogP contribution in [0.5, 0.6) is 5.75 Å². The van der Waals surface area contributed by atoms with Gasteiger partial charge in [0.25, 0.3) is 5.91 Å². The standard InChI is InChI=1S/C18H14N2O2S/c21-16-11-4-3-10-15(16)19-18(23)20-17(22)14-9-5-7-12-6-1-2-8-13(12)14/h1-11,21H,(H2,19,20,22,23). The SMILES string of the molecule is O=C(NC(=S)Nc1ccccc1O)c1cccc2ccccc12. The van der Waals surface area contributed by atoms with Gasteiger partial charge in [0, 0.05) is 5.56 Å². The summed E-state index contributed by atoms with van der Waals surface area (Å²) >= 11 is 5.14. The molecule has 0 radical (unpaired) electrons. The minimum Gasteiger partial charge on any atom is -0.506 e. The quantitative estimate of drug-likeness (QED) is 0.498. The van der Waals surface area contributed by atoms with E-state index in [-0.39, 0.29) is 16.8 Å². The van der Waals surface area contributed by atoms with E-state index in [0.29, 0.717) is 11.3 Å². The first-order valence-corrected chi connectivity index (χ1v) is 7.44. The number of nitrogens with one attached hydrogen (secondary N) is 2. The Bertz CT molecular complexity index is 888. The van der Waals surface area contributed by atoms with Crippen LogP contribution in [0.4, 0.5) is 5.69 Å². The highest BCUT2D eigenvalue weighted by molar-refractivity contribution is 7.80. The number of para-hydroxylation sites is 2. The van der Waals surface area contributed by atoms with Gasteiger partial charge in [-0.15, -0.1) is 0 Å². The van der Waals surface area contributed by atoms with E-state index >= 15 is 0 Å². The zero-order valence-corrected chi connectivity index (χ0v) is 12.9. The van der Waals surface area contributed by atoms with E-state index in [1.807, 2.05) is 36.4 Å². The van der Waals surface area contributed by atoms with Crippen LogP contribution in [0.15, 0.2) is 66.7 Å². The monoisotopic (exact) mass is 322 g/mol. The van der Waals surface area contributed by atoms with Gasteiger partial charge in [0.1, 0.15) is 5.75 Å². The first-order chi connectivity index (χ1) is 11.1. The number of fused-ring (bicyclic) bond motifs is 1. The maximum atomic E-state index is 12.4. The average Bonchev–Trinajstić information content (AvgIpc) is 2.56. The van der Waals surface area contributed by atoms with Gasteiger partial charge in [-0.1, -0.05) is 48.5 Å². The molecule has 5 heteroatoms. The van der Waals surface area contributed by atoms with E-state index in [0.717, 1.165) is 10.8 Å². The zero-order chi connectivity index (χ0) is 16.2. The Labute approximate surface area is 138 Å². The van der Waals surface area contributed by atoms with Crippen molar-refractivity contribution in [3.05, 3.63) is 72.3 Å². The summed E-state index contributed by atoms with van der Waals surface area (Å²) in [4.78, 5) is 12.4. The molecular weight excluding hydrogens is 308 g/mol. The van der Waals surface area contributed by atoms with E-state index in [1.54, 1.807) is 24.3 Å². The molecule has 3 aromatic carbocycles. The average molecular weight is 322 g/mol. The van der Waals surface area contributed by atoms with Crippen molar-refractivity contribution >= 4 is 39.7 Å². The Morgan fingerprint density at radius 1 is 0.913 bits per heavy atom. The molecule has 3 aromatic rings. The molecule has 0 aliphatic carbocycles. The van der Waals surface area contributed by atoms with Crippen molar-refractivity contribution in [3.63, 3.8) is 0 Å². The van der Waals surface area contributed by atoms with Gasteiger partial charge in [-0.3, -0.25) is 10.1 Å². The van der Waals surface area contributed by atoms with E-state index in [2.05, 4.69) is 10.6 Å². The second-order valence-electron chi connectivity index (χ2n) is 4.95. The summed E-state index contributed by atoms with van der Waals surface area (Å²) in [6, 6.07) is 19.9. The molecule has 0 saturated heterocycles. The number of thiocarbonyl (C=S) groups is 1. The molecule has 0 spiro atoms. The normalized spacial score (nSPS) is 10.3. The molecule has 0 aliphatic heterocycles. The predicted molar refractivity (Wildman–Crippen MR) is 95.7 cm³/mol. The van der Waals surface area contributed by atoms with Crippen molar-refractivity contribution < 1.29 is 9.90 Å². The zero-order valence-electron chi connectivity index (χ0n) is 12.1. The topological polar surface area (TPSA) is 61.4 Å². The molecule has 0 aliphatic rings. The fraction of sp³-hybridized carbons (Fsp3) is 0. The van der Waals surface area contributed by atoms with Gasteiger partial charge in [0.05, 0.1) is 5.69 Å². The highest BCUT2D eigenvalue weighted by atomic mass is 32.1. The first kappa shape index (κ1) is 15.0. The summed E-state index contributed by atoms with van der Waals surface area (Å²) in [6.45, 7) is 0. The van der Waals surface area contributed by atoms with Crippen LogP contribution in [0.25, 0.3) is 10.8 Å². The lowest BCUT2D eigenvalue weighted by atomic mass is 10.0. The fourth-order valence-corrected chi connectivity index (χ4v) is 2.53. The lowest BCUT2D eigenvalue weighted by Gasteiger charge is -2.11. The molecule has 4 nitrogen and oxygen atoms in total. The smallest absolute Gasteiger partial charge is 0.258 e. The minimum atomic E-state index is -0.297. The number of phenols is 1. The minimum absolute atomic E-state index is 0.0641. The van der Waals surface area contributed by atoms with E-state index in [4.69, 9.17) is 12.2 Å². The Hall–Kier alpha value is -2.92. The van der Waals surface area contributed by atoms with Crippen LogP contribution in [-0.2, 0) is 0 Å². The lowest BCUT2D eigenvalue weighted by Crippen LogP contribution is -2.34. The van der Waals surface area contributed by atoms with Crippen molar-refractivity contribution in [2.24, 2.45) is 0 Å². The van der Waals surface area contributed by atoms with Crippen LogP contribution >= 0.6 is 12.2 Å². The van der Waals surface area contributed by atoms with Gasteiger partial charge in [-0.2, -0.15) is 0 Å². The number of carbonyl (C=O) groups is 1. The van der Waals surface area contributed by atoms with Crippen LogP contribution in [0.3, 0.4) is 0 Å². The van der Waals surface area contributed by atoms with E-state index in [1.165, 1.54) is 6.07 Å². The molecule has 3 N–H and O–H groups in total. The van der Waals surface area contributed by atoms with Crippen molar-refractivity contribution in [1.82, 2.24) is 5.32 Å². The molecule has 0 heterocycles. The summed E-state index contributed by atoms with van der Waals surface area (Å²) in [5, 5.41) is 17.1. The van der Waals surface area contributed by atoms with E-state index < -0.39 is 0 Å². The molecule has 0 bridgehead atoms. The number of benzene rings is 3. The molecule has 0 fully saturated rings. The van der Waals surface area contributed by atoms with Crippen molar-refractivity contribution in [1.29, 1.82) is 0 Å². The number of phenolic OH excluding ortho intramolecular Hbond substituents is 1. The second-order valence-corrected chi connectivity index (χ2v) is 5.36. The second kappa shape index (κ2) is 6.46. The summed E-state index contributed by atoms with van der Waals surface area (Å²) < 4.78 is 0. The van der Waals surface area contributed by atoms with Crippen LogP contribution in [0, 0.1) is 0 Å². The summed E-state index contributed by atoms with van der Waals surface area (Å²) in [5.41, 5.74) is 0.986. The van der Waals surface area contributed by atoms with Crippen LogP contribution in [0.1, 0.15) is 10.4 Å². The van der Waals surface area contributed by atoms with E-state index in [9.17, 15) is 9.90 Å². The summed E-state index contributed by atoms with van der Waals surface area (Å²) in [6.07, 6.45) is 0. The number of anilines is 1. The van der Waals surface area contributed by atoms with Gasteiger partial charge in [-0.05, 0) is 41.2 Å². The molecule has 0 atom stereocenters. The maximum Gasteiger partial charge on any atom is 0.258 e. The van der Waals surface area contributed by atoms with Gasteiger partial charge in [0.15, 0.2) is 5.11 Å². The Balaban J connectivity index is 1.78. The fourth-order valence-electron chi connectivity index (χ4n) is 2.33. The Morgan fingerprint density at radius 2 is 1.61 bits per heavy atom. The number of aromatic hydroxyl groups is 1. The number of rotatable bonds is 2. The summed E-state index contributed by atoms with van der Waals surface area (Å²) in [5.74, 6) is -0.232. The van der Waals surface area contributed by atoms with Gasteiger partial charge < -0.3 is 10.4 Å². The third-order valence-electron chi connectivity index (χ3n) is 3.41. The molecular formula is C18H14N2O2S. The molecule has 114 valence electrons. The number of carbonyl (C=O) groups excluding carboxylic acids is 1. The van der Waals surface area contributed by atoms with Crippen LogP contribution in [-0.4, -0.2) is 16.1 Å². The van der Waals surface area contributed by atoms with Crippen molar-refractivity contribution in [2.75, 3.05) is 5.32 Å². The highest BCUT2D eigenvalue weighted by Crippen LogP contribution is 2.21. The molecule has 1 amide bonds. The third kappa shape index (κ3) is 3.30.